The molecule has 1 heterocycles. The molecule has 0 aromatic heterocycles. The highest BCUT2D eigenvalue weighted by Gasteiger charge is 2.34. The Morgan fingerprint density at radius 3 is 2.15 bits per heavy atom. The summed E-state index contributed by atoms with van der Waals surface area (Å²) < 4.78 is 6.01. The van der Waals surface area contributed by atoms with Crippen LogP contribution in [-0.2, 0) is 16.0 Å². The number of carbonyl (C=O) groups excluding carboxylic acids is 2. The number of anilines is 2. The highest BCUT2D eigenvalue weighted by molar-refractivity contribution is 6.12. The molecule has 39 heavy (non-hydrogen) atoms. The number of nitrogens with zero attached hydrogens (tertiary/aromatic N) is 3. The second-order valence-corrected chi connectivity index (χ2v) is 9.05. The molecular formula is C33H29N3O3. The fraction of sp³-hybridized carbons (Fsp3) is 0.121. The van der Waals surface area contributed by atoms with E-state index in [0.717, 1.165) is 35.3 Å². The third kappa shape index (κ3) is 5.96. The minimum absolute atomic E-state index is 0.161. The third-order valence-corrected chi connectivity index (χ3v) is 6.52. The lowest BCUT2D eigenvalue weighted by molar-refractivity contribution is -0.122. The third-order valence-electron chi connectivity index (χ3n) is 6.52. The average Bonchev–Trinajstić information content (AvgIpc) is 3.27. The van der Waals surface area contributed by atoms with Crippen LogP contribution in [0.2, 0.25) is 0 Å². The number of amides is 1. The lowest BCUT2D eigenvalue weighted by Crippen LogP contribution is -2.31. The average molecular weight is 516 g/mol. The number of para-hydroxylation sites is 2. The minimum Gasteiger partial charge on any atom is -0.419 e. The van der Waals surface area contributed by atoms with Crippen LogP contribution in [0.1, 0.15) is 28.4 Å². The van der Waals surface area contributed by atoms with E-state index in [1.807, 2.05) is 72.8 Å². The van der Waals surface area contributed by atoms with E-state index in [0.29, 0.717) is 24.2 Å². The van der Waals surface area contributed by atoms with E-state index >= 15 is 0 Å². The van der Waals surface area contributed by atoms with Gasteiger partial charge in [0.05, 0.1) is 5.69 Å². The van der Waals surface area contributed by atoms with Gasteiger partial charge in [0.2, 0.25) is 0 Å². The van der Waals surface area contributed by atoms with Crippen molar-refractivity contribution >= 4 is 41.4 Å². The molecule has 6 heteroatoms. The van der Waals surface area contributed by atoms with Crippen molar-refractivity contribution in [1.82, 2.24) is 4.90 Å². The molecule has 0 aliphatic carbocycles. The van der Waals surface area contributed by atoms with Gasteiger partial charge in [-0.3, -0.25) is 14.5 Å². The lowest BCUT2D eigenvalue weighted by atomic mass is 10.1. The monoisotopic (exact) mass is 515 g/mol. The predicted molar refractivity (Wildman–Crippen MR) is 155 cm³/mol. The predicted octanol–water partition coefficient (Wildman–Crippen LogP) is 6.79. The van der Waals surface area contributed by atoms with Gasteiger partial charge in [-0.1, -0.05) is 72.8 Å². The topological polar surface area (TPSA) is 62.2 Å². The van der Waals surface area contributed by atoms with Gasteiger partial charge in [-0.05, 0) is 66.9 Å². The van der Waals surface area contributed by atoms with Crippen molar-refractivity contribution in [2.75, 3.05) is 18.0 Å². The Kier molecular flexibility index (Phi) is 7.93. The van der Waals surface area contributed by atoms with Crippen molar-refractivity contribution in [1.29, 1.82) is 0 Å². The molecule has 0 N–H and O–H groups in total. The van der Waals surface area contributed by atoms with Gasteiger partial charge in [-0.25, -0.2) is 0 Å². The van der Waals surface area contributed by atoms with Crippen molar-refractivity contribution < 1.29 is 14.3 Å². The fourth-order valence-electron chi connectivity index (χ4n) is 4.49. The van der Waals surface area contributed by atoms with E-state index in [4.69, 9.17) is 4.74 Å². The molecule has 0 unspecified atom stereocenters. The molecule has 5 rings (SSSR count). The van der Waals surface area contributed by atoms with Crippen LogP contribution in [0, 0.1) is 0 Å². The zero-order valence-electron chi connectivity index (χ0n) is 21.7. The van der Waals surface area contributed by atoms with Crippen LogP contribution < -0.4 is 4.90 Å². The number of rotatable bonds is 9. The van der Waals surface area contributed by atoms with Gasteiger partial charge in [0, 0.05) is 30.0 Å². The number of hydrogen-bond donors (Lipinski definition) is 0. The quantitative estimate of drug-likeness (QED) is 0.182. The number of hydrogen-bond acceptors (Lipinski definition) is 5. The van der Waals surface area contributed by atoms with Crippen LogP contribution in [0.15, 0.2) is 120 Å². The summed E-state index contributed by atoms with van der Waals surface area (Å²) >= 11 is 0. The SMILES string of the molecule is CCN(c1ccccc1)c1ccc(/C=C2/OC(=Nc3ccccc3C=O)N(CCc3ccccc3)C2=O)cc1. The Labute approximate surface area is 228 Å². The van der Waals surface area contributed by atoms with E-state index in [2.05, 4.69) is 28.9 Å². The van der Waals surface area contributed by atoms with E-state index in [1.165, 1.54) is 4.90 Å². The first-order valence-electron chi connectivity index (χ1n) is 13.0. The Hall–Kier alpha value is -4.97. The summed E-state index contributed by atoms with van der Waals surface area (Å²) in [5.41, 5.74) is 4.99. The van der Waals surface area contributed by atoms with Gasteiger partial charge in [0.1, 0.15) is 0 Å². The maximum Gasteiger partial charge on any atom is 0.305 e. The molecule has 1 aliphatic heterocycles. The molecule has 0 saturated carbocycles. The lowest BCUT2D eigenvalue weighted by Gasteiger charge is -2.23. The fourth-order valence-corrected chi connectivity index (χ4v) is 4.49. The highest BCUT2D eigenvalue weighted by Crippen LogP contribution is 2.28. The van der Waals surface area contributed by atoms with Crippen LogP contribution in [0.3, 0.4) is 0 Å². The molecule has 1 amide bonds. The molecule has 6 nitrogen and oxygen atoms in total. The Morgan fingerprint density at radius 2 is 1.46 bits per heavy atom. The molecule has 0 spiro atoms. The minimum atomic E-state index is -0.267. The second kappa shape index (κ2) is 12.0. The van der Waals surface area contributed by atoms with Crippen molar-refractivity contribution in [3.8, 4) is 0 Å². The Bertz CT molecular complexity index is 1500. The number of aliphatic imine (C=N–C) groups is 1. The number of benzene rings is 4. The summed E-state index contributed by atoms with van der Waals surface area (Å²) in [7, 11) is 0. The van der Waals surface area contributed by atoms with E-state index in [9.17, 15) is 9.59 Å². The van der Waals surface area contributed by atoms with Crippen molar-refractivity contribution in [2.24, 2.45) is 4.99 Å². The van der Waals surface area contributed by atoms with Gasteiger partial charge in [0.15, 0.2) is 12.0 Å². The molecule has 0 radical (unpaired) electrons. The second-order valence-electron chi connectivity index (χ2n) is 9.05. The smallest absolute Gasteiger partial charge is 0.305 e. The summed E-state index contributed by atoms with van der Waals surface area (Å²) in [5, 5.41) is 0. The molecule has 4 aromatic rings. The highest BCUT2D eigenvalue weighted by atomic mass is 16.5. The summed E-state index contributed by atoms with van der Waals surface area (Å²) in [5.74, 6) is -0.0784. The van der Waals surface area contributed by atoms with Crippen molar-refractivity contribution in [2.45, 2.75) is 13.3 Å². The van der Waals surface area contributed by atoms with E-state index < -0.39 is 0 Å². The van der Waals surface area contributed by atoms with Crippen molar-refractivity contribution in [3.63, 3.8) is 0 Å². The van der Waals surface area contributed by atoms with Crippen LogP contribution in [0.4, 0.5) is 17.1 Å². The maximum atomic E-state index is 13.5. The normalized spacial score (nSPS) is 15.0. The molecule has 1 saturated heterocycles. The van der Waals surface area contributed by atoms with Gasteiger partial charge in [-0.2, -0.15) is 4.99 Å². The summed E-state index contributed by atoms with van der Waals surface area (Å²) in [6.07, 6.45) is 3.12. The van der Waals surface area contributed by atoms with Gasteiger partial charge in [-0.15, -0.1) is 0 Å². The number of ether oxygens (including phenoxy) is 1. The standard InChI is InChI=1S/C33H29N3O3/c1-2-35(28-14-7-4-8-15-28)29-19-17-26(18-20-29)23-31-32(38)36(22-21-25-11-5-3-6-12-25)33(39-31)34-30-16-10-9-13-27(30)24-37/h3-20,23-24H,2,21-22H2,1H3/b31-23+,34-33?. The maximum absolute atomic E-state index is 13.5. The molecule has 0 atom stereocenters. The molecule has 0 bridgehead atoms. The van der Waals surface area contributed by atoms with E-state index in [-0.39, 0.29) is 17.7 Å². The number of carbonyl (C=O) groups is 2. The molecule has 1 aliphatic rings. The van der Waals surface area contributed by atoms with E-state index in [1.54, 1.807) is 30.3 Å². The Morgan fingerprint density at radius 1 is 0.821 bits per heavy atom. The summed E-state index contributed by atoms with van der Waals surface area (Å²) in [6.45, 7) is 3.33. The molecule has 194 valence electrons. The first-order chi connectivity index (χ1) is 19.2. The Balaban J connectivity index is 1.42. The number of aldehydes is 1. The van der Waals surface area contributed by atoms with Crippen molar-refractivity contribution in [3.05, 3.63) is 132 Å². The van der Waals surface area contributed by atoms with Crippen LogP contribution in [-0.4, -0.2) is 36.2 Å². The zero-order chi connectivity index (χ0) is 27.0. The molecule has 1 fully saturated rings. The van der Waals surface area contributed by atoms with Gasteiger partial charge < -0.3 is 9.64 Å². The largest absolute Gasteiger partial charge is 0.419 e. The van der Waals surface area contributed by atoms with Crippen LogP contribution >= 0.6 is 0 Å². The molecular weight excluding hydrogens is 486 g/mol. The first kappa shape index (κ1) is 25.7. The van der Waals surface area contributed by atoms with Gasteiger partial charge in [0.25, 0.3) is 5.91 Å². The van der Waals surface area contributed by atoms with Crippen LogP contribution in [0.5, 0.6) is 0 Å². The first-order valence-corrected chi connectivity index (χ1v) is 13.0. The summed E-state index contributed by atoms with van der Waals surface area (Å²) in [4.78, 5) is 33.3. The summed E-state index contributed by atoms with van der Waals surface area (Å²) in [6, 6.07) is 35.3. The number of amidine groups is 1. The van der Waals surface area contributed by atoms with Crippen LogP contribution in [0.25, 0.3) is 6.08 Å². The molecule has 4 aromatic carbocycles. The van der Waals surface area contributed by atoms with Gasteiger partial charge >= 0.3 is 6.02 Å². The zero-order valence-corrected chi connectivity index (χ0v) is 21.7.